The number of ether oxygens (including phenoxy) is 1. The third kappa shape index (κ3) is 5.50. The first-order valence-electron chi connectivity index (χ1n) is 8.02. The maximum Gasteiger partial charge on any atom is 0.329 e. The van der Waals surface area contributed by atoms with Crippen LogP contribution < -0.4 is 5.32 Å². The molecular weight excluding hydrogens is 346 g/mol. The van der Waals surface area contributed by atoms with E-state index in [0.29, 0.717) is 6.42 Å². The highest BCUT2D eigenvalue weighted by Gasteiger charge is 2.28. The van der Waals surface area contributed by atoms with Crippen molar-refractivity contribution in [2.75, 3.05) is 0 Å². The molecule has 0 fully saturated rings. The lowest BCUT2D eigenvalue weighted by Crippen LogP contribution is -2.46. The van der Waals surface area contributed by atoms with Crippen molar-refractivity contribution in [3.05, 3.63) is 44.0 Å². The number of rotatable bonds is 8. The molecule has 142 valence electrons. The van der Waals surface area contributed by atoms with Gasteiger partial charge < -0.3 is 10.1 Å². The van der Waals surface area contributed by atoms with Crippen LogP contribution in [0.5, 0.6) is 0 Å². The van der Waals surface area contributed by atoms with Gasteiger partial charge in [0.05, 0.1) is 27.6 Å². The van der Waals surface area contributed by atoms with Crippen LogP contribution in [0.3, 0.4) is 0 Å². The van der Waals surface area contributed by atoms with Crippen LogP contribution in [0, 0.1) is 26.1 Å². The summed E-state index contributed by atoms with van der Waals surface area (Å²) >= 11 is 0. The molecule has 0 aliphatic heterocycles. The van der Waals surface area contributed by atoms with Gasteiger partial charge in [-0.15, -0.1) is 0 Å². The molecule has 0 aromatic heterocycles. The lowest BCUT2D eigenvalue weighted by Gasteiger charge is -2.22. The topological polar surface area (TPSA) is 142 Å². The molecular formula is C16H21N3O7. The van der Waals surface area contributed by atoms with Crippen molar-refractivity contribution in [3.63, 3.8) is 0 Å². The Morgan fingerprint density at radius 1 is 1.08 bits per heavy atom. The van der Waals surface area contributed by atoms with Gasteiger partial charge in [-0.25, -0.2) is 4.79 Å². The van der Waals surface area contributed by atoms with Crippen LogP contribution in [-0.2, 0) is 9.53 Å². The molecule has 0 saturated carbocycles. The van der Waals surface area contributed by atoms with E-state index in [2.05, 4.69) is 5.32 Å². The fraction of sp³-hybridized carbons (Fsp3) is 0.500. The normalized spacial score (nSPS) is 13.0. The summed E-state index contributed by atoms with van der Waals surface area (Å²) in [5.41, 5.74) is -1.46. The van der Waals surface area contributed by atoms with Gasteiger partial charge in [-0.2, -0.15) is 0 Å². The molecule has 1 rings (SSSR count). The Bertz CT molecular complexity index is 686. The van der Waals surface area contributed by atoms with E-state index in [9.17, 15) is 29.8 Å². The number of hydrogen-bond acceptors (Lipinski definition) is 7. The number of nitro groups is 2. The van der Waals surface area contributed by atoms with Crippen LogP contribution in [0.2, 0.25) is 0 Å². The molecule has 1 N–H and O–H groups in total. The first kappa shape index (κ1) is 21.0. The highest BCUT2D eigenvalue weighted by Crippen LogP contribution is 2.23. The lowest BCUT2D eigenvalue weighted by molar-refractivity contribution is -0.394. The van der Waals surface area contributed by atoms with Gasteiger partial charge in [-0.1, -0.05) is 20.8 Å². The smallest absolute Gasteiger partial charge is 0.329 e. The van der Waals surface area contributed by atoms with Crippen LogP contribution in [0.15, 0.2) is 18.2 Å². The molecule has 26 heavy (non-hydrogen) atoms. The van der Waals surface area contributed by atoms with Crippen molar-refractivity contribution in [1.82, 2.24) is 5.32 Å². The van der Waals surface area contributed by atoms with E-state index in [1.807, 2.05) is 6.92 Å². The maximum absolute atomic E-state index is 12.4. The van der Waals surface area contributed by atoms with Gasteiger partial charge in [0.1, 0.15) is 6.04 Å². The molecule has 2 unspecified atom stereocenters. The second-order valence-corrected chi connectivity index (χ2v) is 6.10. The van der Waals surface area contributed by atoms with Crippen molar-refractivity contribution >= 4 is 23.3 Å². The molecule has 1 aromatic carbocycles. The zero-order chi connectivity index (χ0) is 20.0. The Hall–Kier alpha value is -3.04. The first-order valence-corrected chi connectivity index (χ1v) is 8.02. The fourth-order valence-electron chi connectivity index (χ4n) is 2.01. The molecule has 1 aromatic rings. The second-order valence-electron chi connectivity index (χ2n) is 6.10. The number of esters is 1. The SMILES string of the molecule is CCC(C)OC(=O)C(NC(=O)c1cc([N+](=O)[O-])cc([N+](=O)[O-])c1)C(C)C. The van der Waals surface area contributed by atoms with Crippen molar-refractivity contribution < 1.29 is 24.2 Å². The summed E-state index contributed by atoms with van der Waals surface area (Å²) in [5.74, 6) is -1.79. The highest BCUT2D eigenvalue weighted by atomic mass is 16.6. The number of non-ortho nitro benzene ring substituents is 2. The molecule has 0 spiro atoms. The summed E-state index contributed by atoms with van der Waals surface area (Å²) in [7, 11) is 0. The standard InChI is InChI=1S/C16H21N3O7/c1-5-10(4)26-16(21)14(9(2)3)17-15(20)11-6-12(18(22)23)8-13(7-11)19(24)25/h6-10,14H,5H2,1-4H3,(H,17,20). The molecule has 0 heterocycles. The van der Waals surface area contributed by atoms with E-state index >= 15 is 0 Å². The predicted octanol–water partition coefficient (Wildman–Crippen LogP) is 2.60. The van der Waals surface area contributed by atoms with Gasteiger partial charge in [-0.3, -0.25) is 25.0 Å². The van der Waals surface area contributed by atoms with Crippen molar-refractivity contribution in [3.8, 4) is 0 Å². The van der Waals surface area contributed by atoms with E-state index in [4.69, 9.17) is 4.74 Å². The van der Waals surface area contributed by atoms with Crippen LogP contribution in [0.25, 0.3) is 0 Å². The molecule has 0 aliphatic rings. The zero-order valence-corrected chi connectivity index (χ0v) is 14.9. The minimum atomic E-state index is -0.991. The monoisotopic (exact) mass is 367 g/mol. The Morgan fingerprint density at radius 2 is 1.58 bits per heavy atom. The summed E-state index contributed by atoms with van der Waals surface area (Å²) in [6, 6.07) is 1.60. The average molecular weight is 367 g/mol. The van der Waals surface area contributed by atoms with Gasteiger partial charge in [0.2, 0.25) is 0 Å². The van der Waals surface area contributed by atoms with Gasteiger partial charge in [0.25, 0.3) is 17.3 Å². The molecule has 2 atom stereocenters. The number of nitrogens with one attached hydrogen (secondary N) is 1. The molecule has 1 amide bonds. The fourth-order valence-corrected chi connectivity index (χ4v) is 2.01. The molecule has 0 bridgehead atoms. The number of nitrogens with zero attached hydrogens (tertiary/aromatic N) is 2. The first-order chi connectivity index (χ1) is 12.1. The number of nitro benzene ring substituents is 2. The van der Waals surface area contributed by atoms with Crippen LogP contribution >= 0.6 is 0 Å². The van der Waals surface area contributed by atoms with E-state index < -0.39 is 39.1 Å². The predicted molar refractivity (Wildman–Crippen MR) is 91.7 cm³/mol. The van der Waals surface area contributed by atoms with Gasteiger partial charge in [-0.05, 0) is 19.3 Å². The van der Waals surface area contributed by atoms with E-state index in [0.717, 1.165) is 18.2 Å². The number of hydrogen-bond donors (Lipinski definition) is 1. The Labute approximate surface area is 149 Å². The number of benzene rings is 1. The summed E-state index contributed by atoms with van der Waals surface area (Å²) in [4.78, 5) is 44.8. The van der Waals surface area contributed by atoms with Crippen molar-refractivity contribution in [1.29, 1.82) is 0 Å². The minimum absolute atomic E-state index is 0.284. The zero-order valence-electron chi connectivity index (χ0n) is 14.9. The summed E-state index contributed by atoms with van der Waals surface area (Å²) < 4.78 is 5.21. The van der Waals surface area contributed by atoms with Crippen LogP contribution in [0.1, 0.15) is 44.5 Å². The van der Waals surface area contributed by atoms with E-state index in [-0.39, 0.29) is 17.6 Å². The molecule has 10 heteroatoms. The quantitative estimate of drug-likeness (QED) is 0.423. The van der Waals surface area contributed by atoms with Gasteiger partial charge in [0, 0.05) is 12.1 Å². The number of carbonyl (C=O) groups is 2. The van der Waals surface area contributed by atoms with Crippen LogP contribution in [0.4, 0.5) is 11.4 Å². The largest absolute Gasteiger partial charge is 0.461 e. The Kier molecular flexibility index (Phi) is 7.17. The molecule has 10 nitrogen and oxygen atoms in total. The van der Waals surface area contributed by atoms with Crippen molar-refractivity contribution in [2.24, 2.45) is 5.92 Å². The highest BCUT2D eigenvalue weighted by molar-refractivity contribution is 5.98. The molecule has 0 aliphatic carbocycles. The summed E-state index contributed by atoms with van der Waals surface area (Å²) in [6.07, 6.45) is 0.265. The number of amides is 1. The van der Waals surface area contributed by atoms with Crippen molar-refractivity contribution in [2.45, 2.75) is 46.3 Å². The third-order valence-corrected chi connectivity index (χ3v) is 3.69. The molecule has 0 radical (unpaired) electrons. The number of carbonyl (C=O) groups excluding carboxylic acids is 2. The van der Waals surface area contributed by atoms with Crippen LogP contribution in [-0.4, -0.2) is 33.9 Å². The Morgan fingerprint density at radius 3 is 1.96 bits per heavy atom. The minimum Gasteiger partial charge on any atom is -0.461 e. The Balaban J connectivity index is 3.11. The van der Waals surface area contributed by atoms with Gasteiger partial charge >= 0.3 is 5.97 Å². The summed E-state index contributed by atoms with van der Waals surface area (Å²) in [6.45, 7) is 6.93. The molecule has 0 saturated heterocycles. The summed E-state index contributed by atoms with van der Waals surface area (Å²) in [5, 5.41) is 24.3. The third-order valence-electron chi connectivity index (χ3n) is 3.69. The van der Waals surface area contributed by atoms with E-state index in [1.54, 1.807) is 20.8 Å². The maximum atomic E-state index is 12.4. The second kappa shape index (κ2) is 8.88. The van der Waals surface area contributed by atoms with E-state index in [1.165, 1.54) is 0 Å². The lowest BCUT2D eigenvalue weighted by atomic mass is 10.0. The average Bonchev–Trinajstić information content (AvgIpc) is 2.58. The van der Waals surface area contributed by atoms with Gasteiger partial charge in [0.15, 0.2) is 0 Å².